The Hall–Kier alpha value is -4.97. The van der Waals surface area contributed by atoms with E-state index in [1.807, 2.05) is 61.1 Å². The largest absolute Gasteiger partial charge is 0.323 e. The van der Waals surface area contributed by atoms with E-state index in [9.17, 15) is 9.59 Å². The number of nitrogens with zero attached hydrogens (tertiary/aromatic N) is 4. The number of hydrogen-bond donors (Lipinski definition) is 0. The highest BCUT2D eigenvalue weighted by Crippen LogP contribution is 2.41. The second kappa shape index (κ2) is 11.6. The summed E-state index contributed by atoms with van der Waals surface area (Å²) in [6.07, 6.45) is 3.80. The SMILES string of the molecule is CN1C(=O)[C@H](Cc2cn(C(c3ccccc3)(c3ccccc3)c3ccccc3)cn2)N(C(=O)c2ccccc2)[C@@H]1C(C)(C)C. The van der Waals surface area contributed by atoms with Gasteiger partial charge in [0.25, 0.3) is 5.91 Å². The Balaban J connectivity index is 1.47. The van der Waals surface area contributed by atoms with Gasteiger partial charge in [0.05, 0.1) is 12.0 Å². The van der Waals surface area contributed by atoms with Crippen LogP contribution in [-0.2, 0) is 16.8 Å². The number of amides is 2. The fraction of sp³-hybridized carbons (Fsp3) is 0.237. The van der Waals surface area contributed by atoms with Crippen molar-refractivity contribution in [3.63, 3.8) is 0 Å². The summed E-state index contributed by atoms with van der Waals surface area (Å²) in [5, 5.41) is 0. The lowest BCUT2D eigenvalue weighted by atomic mass is 9.77. The first-order valence-corrected chi connectivity index (χ1v) is 15.1. The molecular weight excluding hydrogens is 544 g/mol. The third-order valence-corrected chi connectivity index (χ3v) is 8.63. The van der Waals surface area contributed by atoms with Gasteiger partial charge in [-0.1, -0.05) is 130 Å². The topological polar surface area (TPSA) is 58.4 Å². The maximum absolute atomic E-state index is 14.0. The summed E-state index contributed by atoms with van der Waals surface area (Å²) in [6, 6.07) is 39.8. The first-order chi connectivity index (χ1) is 21.2. The lowest BCUT2D eigenvalue weighted by molar-refractivity contribution is -0.129. The van der Waals surface area contributed by atoms with Crippen LogP contribution in [0.2, 0.25) is 0 Å². The van der Waals surface area contributed by atoms with Crippen molar-refractivity contribution in [2.24, 2.45) is 5.41 Å². The Bertz CT molecular complexity index is 1630. The van der Waals surface area contributed by atoms with Crippen LogP contribution in [0.15, 0.2) is 134 Å². The normalized spacial score (nSPS) is 17.2. The molecule has 1 aliphatic rings. The van der Waals surface area contributed by atoms with E-state index in [1.54, 1.807) is 16.8 Å². The molecule has 5 aromatic rings. The zero-order valence-corrected chi connectivity index (χ0v) is 25.7. The second-order valence-electron chi connectivity index (χ2n) is 12.6. The molecule has 6 rings (SSSR count). The van der Waals surface area contributed by atoms with Crippen molar-refractivity contribution in [2.75, 3.05) is 7.05 Å². The number of likely N-dealkylation sites (N-methyl/N-ethyl adjacent to an activating group) is 1. The smallest absolute Gasteiger partial charge is 0.256 e. The van der Waals surface area contributed by atoms with Crippen molar-refractivity contribution < 1.29 is 9.59 Å². The van der Waals surface area contributed by atoms with Gasteiger partial charge in [-0.25, -0.2) is 4.98 Å². The fourth-order valence-electron chi connectivity index (χ4n) is 6.83. The molecule has 44 heavy (non-hydrogen) atoms. The Morgan fingerprint density at radius 2 is 1.18 bits per heavy atom. The predicted molar refractivity (Wildman–Crippen MR) is 173 cm³/mol. The molecule has 0 N–H and O–H groups in total. The number of carbonyl (C=O) groups excluding carboxylic acids is 2. The maximum atomic E-state index is 14.0. The van der Waals surface area contributed by atoms with Crippen molar-refractivity contribution in [1.82, 2.24) is 19.4 Å². The minimum absolute atomic E-state index is 0.0794. The molecule has 1 fully saturated rings. The van der Waals surface area contributed by atoms with Crippen LogP contribution in [0.1, 0.15) is 53.5 Å². The zero-order valence-electron chi connectivity index (χ0n) is 25.7. The lowest BCUT2D eigenvalue weighted by Gasteiger charge is -2.39. The van der Waals surface area contributed by atoms with Gasteiger partial charge in [-0.05, 0) is 28.8 Å². The van der Waals surface area contributed by atoms with Crippen molar-refractivity contribution in [2.45, 2.75) is 44.9 Å². The number of aromatic nitrogens is 2. The highest BCUT2D eigenvalue weighted by atomic mass is 16.2. The minimum atomic E-state index is -0.709. The summed E-state index contributed by atoms with van der Waals surface area (Å²) >= 11 is 0. The summed E-state index contributed by atoms with van der Waals surface area (Å²) in [7, 11) is 1.80. The standard InChI is InChI=1S/C38H38N4O2/c1-37(2,3)36-40(4)35(44)33(42(36)34(43)28-17-9-5-10-18-28)25-32-26-41(27-39-32)38(29-19-11-6-12-20-29,30-21-13-7-14-22-30)31-23-15-8-16-24-31/h5-24,26-27,33,36H,25H2,1-4H3/t33-,36+/m0/s1. The molecule has 0 spiro atoms. The summed E-state index contributed by atoms with van der Waals surface area (Å²) in [5.41, 5.74) is 3.51. The van der Waals surface area contributed by atoms with E-state index in [0.717, 1.165) is 22.4 Å². The monoisotopic (exact) mass is 582 g/mol. The van der Waals surface area contributed by atoms with Gasteiger partial charge >= 0.3 is 0 Å². The highest BCUT2D eigenvalue weighted by molar-refractivity contribution is 6.00. The van der Waals surface area contributed by atoms with Crippen molar-refractivity contribution in [3.8, 4) is 0 Å². The van der Waals surface area contributed by atoms with Gasteiger partial charge in [0.2, 0.25) is 5.91 Å². The Morgan fingerprint density at radius 3 is 1.64 bits per heavy atom. The van der Waals surface area contributed by atoms with E-state index < -0.39 is 17.7 Å². The third kappa shape index (κ3) is 5.00. The van der Waals surface area contributed by atoms with Crippen LogP contribution in [0, 0.1) is 5.41 Å². The molecule has 0 unspecified atom stereocenters. The minimum Gasteiger partial charge on any atom is -0.323 e. The van der Waals surface area contributed by atoms with Gasteiger partial charge < -0.3 is 14.4 Å². The number of hydrogen-bond acceptors (Lipinski definition) is 3. The first-order valence-electron chi connectivity index (χ1n) is 15.1. The summed E-state index contributed by atoms with van der Waals surface area (Å²) in [6.45, 7) is 6.20. The molecule has 1 aromatic heterocycles. The molecule has 2 amide bonds. The van der Waals surface area contributed by atoms with Crippen molar-refractivity contribution in [3.05, 3.63) is 162 Å². The van der Waals surface area contributed by atoms with E-state index in [-0.39, 0.29) is 17.2 Å². The molecule has 0 saturated carbocycles. The van der Waals surface area contributed by atoms with E-state index in [2.05, 4.69) is 98.1 Å². The van der Waals surface area contributed by atoms with E-state index in [0.29, 0.717) is 12.0 Å². The average Bonchev–Trinajstić information content (AvgIpc) is 3.62. The van der Waals surface area contributed by atoms with Crippen LogP contribution in [0.5, 0.6) is 0 Å². The maximum Gasteiger partial charge on any atom is 0.256 e. The quantitative estimate of drug-likeness (QED) is 0.203. The van der Waals surface area contributed by atoms with Crippen LogP contribution in [0.4, 0.5) is 0 Å². The van der Waals surface area contributed by atoms with Gasteiger partial charge in [-0.3, -0.25) is 9.59 Å². The average molecular weight is 583 g/mol. The zero-order chi connectivity index (χ0) is 30.9. The molecule has 2 heterocycles. The molecule has 1 saturated heterocycles. The Labute approximate surface area is 259 Å². The molecular formula is C38H38N4O2. The number of rotatable bonds is 7. The fourth-order valence-corrected chi connectivity index (χ4v) is 6.83. The van der Waals surface area contributed by atoms with E-state index >= 15 is 0 Å². The summed E-state index contributed by atoms with van der Waals surface area (Å²) in [4.78, 5) is 36.3. The lowest BCUT2D eigenvalue weighted by Crippen LogP contribution is -2.51. The summed E-state index contributed by atoms with van der Waals surface area (Å²) in [5.74, 6) is -0.232. The Morgan fingerprint density at radius 1 is 0.727 bits per heavy atom. The molecule has 0 radical (unpaired) electrons. The second-order valence-corrected chi connectivity index (χ2v) is 12.6. The third-order valence-electron chi connectivity index (χ3n) is 8.63. The molecule has 0 aliphatic carbocycles. The van der Waals surface area contributed by atoms with Crippen LogP contribution in [0.3, 0.4) is 0 Å². The van der Waals surface area contributed by atoms with Gasteiger partial charge in [0.1, 0.15) is 17.7 Å². The molecule has 6 heteroatoms. The molecule has 1 aliphatic heterocycles. The van der Waals surface area contributed by atoms with Gasteiger partial charge in [0, 0.05) is 30.6 Å². The predicted octanol–water partition coefficient (Wildman–Crippen LogP) is 6.62. The van der Waals surface area contributed by atoms with Gasteiger partial charge in [-0.2, -0.15) is 0 Å². The van der Waals surface area contributed by atoms with Crippen molar-refractivity contribution in [1.29, 1.82) is 0 Å². The van der Waals surface area contributed by atoms with Gasteiger partial charge in [0.15, 0.2) is 0 Å². The molecule has 6 nitrogen and oxygen atoms in total. The molecule has 222 valence electrons. The first kappa shape index (κ1) is 29.1. The van der Waals surface area contributed by atoms with Crippen LogP contribution in [0.25, 0.3) is 0 Å². The number of benzene rings is 4. The van der Waals surface area contributed by atoms with E-state index in [4.69, 9.17) is 4.98 Å². The Kier molecular flexibility index (Phi) is 7.68. The van der Waals surface area contributed by atoms with Crippen LogP contribution < -0.4 is 0 Å². The van der Waals surface area contributed by atoms with Crippen LogP contribution in [-0.4, -0.2) is 50.4 Å². The molecule has 4 aromatic carbocycles. The van der Waals surface area contributed by atoms with Crippen molar-refractivity contribution >= 4 is 11.8 Å². The number of carbonyl (C=O) groups is 2. The highest BCUT2D eigenvalue weighted by Gasteiger charge is 2.51. The van der Waals surface area contributed by atoms with Crippen LogP contribution >= 0.6 is 0 Å². The molecule has 2 atom stereocenters. The molecule has 0 bridgehead atoms. The van der Waals surface area contributed by atoms with E-state index in [1.165, 1.54) is 0 Å². The number of imidazole rings is 1. The van der Waals surface area contributed by atoms with Gasteiger partial charge in [-0.15, -0.1) is 0 Å². The summed E-state index contributed by atoms with van der Waals surface area (Å²) < 4.78 is 2.15.